The third kappa shape index (κ3) is 5.03. The van der Waals surface area contributed by atoms with E-state index in [-0.39, 0.29) is 23.1 Å². The number of sulfonamides is 1. The molecule has 0 aliphatic carbocycles. The van der Waals surface area contributed by atoms with Crippen LogP contribution in [-0.2, 0) is 26.2 Å². The molecule has 0 spiro atoms. The fraction of sp³-hybridized carbons (Fsp3) is 0.364. The van der Waals surface area contributed by atoms with Crippen LogP contribution in [0, 0.1) is 6.92 Å². The number of carbonyl (C=O) groups excluding carboxylic acids is 2. The highest BCUT2D eigenvalue weighted by atomic mass is 32.2. The van der Waals surface area contributed by atoms with E-state index in [9.17, 15) is 18.0 Å². The molecule has 1 atom stereocenters. The van der Waals surface area contributed by atoms with E-state index < -0.39 is 22.0 Å². The summed E-state index contributed by atoms with van der Waals surface area (Å²) < 4.78 is 32.7. The van der Waals surface area contributed by atoms with Crippen molar-refractivity contribution in [1.82, 2.24) is 9.62 Å². The smallest absolute Gasteiger partial charge is 0.265 e. The van der Waals surface area contributed by atoms with E-state index in [1.165, 1.54) is 13.1 Å². The average molecular weight is 461 g/mol. The molecule has 172 valence electrons. The molecule has 1 unspecified atom stereocenters. The van der Waals surface area contributed by atoms with Crippen molar-refractivity contribution >= 4 is 33.2 Å². The number of nitrogens with zero attached hydrogens (tertiary/aromatic N) is 2. The maximum Gasteiger partial charge on any atom is 0.265 e. The Morgan fingerprint density at radius 1 is 1.16 bits per heavy atom. The minimum atomic E-state index is -3.95. The van der Waals surface area contributed by atoms with Gasteiger partial charge >= 0.3 is 0 Å². The standard InChI is InChI=1S/C22H28N4O5S/c1-14-10-18-19(31-15(2)22(28)24-18)11-20(14)32(29,30)26(5)13-21(27)23-12-16-6-8-17(9-7-16)25(3)4/h6-11,15H,12-13H2,1-5H3,(H,23,27)(H,24,28). The van der Waals surface area contributed by atoms with Crippen molar-refractivity contribution in [2.24, 2.45) is 0 Å². The number of anilines is 2. The molecule has 2 aromatic rings. The van der Waals surface area contributed by atoms with Gasteiger partial charge in [0, 0.05) is 39.4 Å². The van der Waals surface area contributed by atoms with E-state index in [1.54, 1.807) is 19.9 Å². The maximum atomic E-state index is 13.1. The van der Waals surface area contributed by atoms with Crippen LogP contribution in [0.2, 0.25) is 0 Å². The minimum absolute atomic E-state index is 0.0224. The van der Waals surface area contributed by atoms with Gasteiger partial charge in [0.1, 0.15) is 5.75 Å². The van der Waals surface area contributed by atoms with Gasteiger partial charge in [0.2, 0.25) is 15.9 Å². The highest BCUT2D eigenvalue weighted by Gasteiger charge is 2.30. The quantitative estimate of drug-likeness (QED) is 0.651. The highest BCUT2D eigenvalue weighted by Crippen LogP contribution is 2.35. The summed E-state index contributed by atoms with van der Waals surface area (Å²) in [6.07, 6.45) is -0.726. The molecule has 0 radical (unpaired) electrons. The second-order valence-electron chi connectivity index (χ2n) is 7.96. The molecule has 10 heteroatoms. The number of fused-ring (bicyclic) bond motifs is 1. The number of benzene rings is 2. The van der Waals surface area contributed by atoms with E-state index in [1.807, 2.05) is 43.3 Å². The number of aryl methyl sites for hydroxylation is 1. The monoisotopic (exact) mass is 460 g/mol. The Morgan fingerprint density at radius 2 is 1.81 bits per heavy atom. The second-order valence-corrected chi connectivity index (χ2v) is 9.98. The number of carbonyl (C=O) groups is 2. The molecule has 2 amide bonds. The third-order valence-corrected chi connectivity index (χ3v) is 7.15. The first-order valence-corrected chi connectivity index (χ1v) is 11.5. The van der Waals surface area contributed by atoms with Gasteiger partial charge in [-0.1, -0.05) is 12.1 Å². The van der Waals surface area contributed by atoms with Crippen molar-refractivity contribution in [2.75, 3.05) is 37.9 Å². The Bertz CT molecular complexity index is 1130. The summed E-state index contributed by atoms with van der Waals surface area (Å²) in [6, 6.07) is 10.6. The molecule has 1 aliphatic heterocycles. The Morgan fingerprint density at radius 3 is 2.44 bits per heavy atom. The van der Waals surface area contributed by atoms with E-state index in [0.717, 1.165) is 15.6 Å². The lowest BCUT2D eigenvalue weighted by Crippen LogP contribution is -2.38. The van der Waals surface area contributed by atoms with Crippen molar-refractivity contribution in [1.29, 1.82) is 0 Å². The molecule has 1 heterocycles. The zero-order valence-corrected chi connectivity index (χ0v) is 19.6. The molecule has 32 heavy (non-hydrogen) atoms. The summed E-state index contributed by atoms with van der Waals surface area (Å²) in [6.45, 7) is 3.17. The number of likely N-dealkylation sites (N-methyl/N-ethyl adjacent to an activating group) is 1. The van der Waals surface area contributed by atoms with Gasteiger partial charge in [-0.05, 0) is 43.2 Å². The van der Waals surface area contributed by atoms with Crippen LogP contribution in [0.4, 0.5) is 11.4 Å². The second kappa shape index (κ2) is 9.17. The molecule has 3 rings (SSSR count). The molecular formula is C22H28N4O5S. The lowest BCUT2D eigenvalue weighted by atomic mass is 10.1. The molecule has 0 aromatic heterocycles. The predicted molar refractivity (Wildman–Crippen MR) is 122 cm³/mol. The average Bonchev–Trinajstić information content (AvgIpc) is 2.73. The van der Waals surface area contributed by atoms with Crippen LogP contribution in [0.5, 0.6) is 5.75 Å². The van der Waals surface area contributed by atoms with Crippen LogP contribution in [0.1, 0.15) is 18.1 Å². The van der Waals surface area contributed by atoms with Crippen LogP contribution in [0.25, 0.3) is 0 Å². The largest absolute Gasteiger partial charge is 0.479 e. The summed E-state index contributed by atoms with van der Waals surface area (Å²) in [7, 11) is 1.29. The van der Waals surface area contributed by atoms with Crippen LogP contribution in [0.3, 0.4) is 0 Å². The SMILES string of the molecule is Cc1cc2c(cc1S(=O)(=O)N(C)CC(=O)NCc1ccc(N(C)C)cc1)OC(C)C(=O)N2. The Labute approximate surface area is 188 Å². The summed E-state index contributed by atoms with van der Waals surface area (Å²) in [5.41, 5.74) is 2.82. The van der Waals surface area contributed by atoms with Gasteiger partial charge in [0.05, 0.1) is 17.1 Å². The summed E-state index contributed by atoms with van der Waals surface area (Å²) >= 11 is 0. The van der Waals surface area contributed by atoms with Gasteiger partial charge in [-0.3, -0.25) is 9.59 Å². The fourth-order valence-corrected chi connectivity index (χ4v) is 4.59. The molecule has 0 fully saturated rings. The fourth-order valence-electron chi connectivity index (χ4n) is 3.24. The van der Waals surface area contributed by atoms with Crippen LogP contribution >= 0.6 is 0 Å². The van der Waals surface area contributed by atoms with Crippen molar-refractivity contribution in [3.8, 4) is 5.75 Å². The number of rotatable bonds is 7. The predicted octanol–water partition coefficient (Wildman–Crippen LogP) is 1.72. The molecule has 2 aromatic carbocycles. The third-order valence-electron chi connectivity index (χ3n) is 5.20. The first-order valence-electron chi connectivity index (χ1n) is 10.1. The number of ether oxygens (including phenoxy) is 1. The number of amides is 2. The molecule has 0 saturated carbocycles. The van der Waals surface area contributed by atoms with E-state index >= 15 is 0 Å². The zero-order chi connectivity index (χ0) is 23.6. The zero-order valence-electron chi connectivity index (χ0n) is 18.8. The first kappa shape index (κ1) is 23.6. The van der Waals surface area contributed by atoms with Gasteiger partial charge in [-0.25, -0.2) is 8.42 Å². The van der Waals surface area contributed by atoms with Crippen LogP contribution < -0.4 is 20.3 Å². The molecular weight excluding hydrogens is 432 g/mol. The summed E-state index contributed by atoms with van der Waals surface area (Å²) in [5, 5.41) is 5.44. The van der Waals surface area contributed by atoms with Gasteiger partial charge in [0.25, 0.3) is 5.91 Å². The van der Waals surface area contributed by atoms with E-state index in [0.29, 0.717) is 17.8 Å². The number of hydrogen-bond donors (Lipinski definition) is 2. The van der Waals surface area contributed by atoms with Crippen molar-refractivity contribution < 1.29 is 22.7 Å². The van der Waals surface area contributed by atoms with Gasteiger partial charge in [-0.15, -0.1) is 0 Å². The number of hydrogen-bond acceptors (Lipinski definition) is 6. The summed E-state index contributed by atoms with van der Waals surface area (Å²) in [4.78, 5) is 26.2. The lowest BCUT2D eigenvalue weighted by molar-refractivity contribution is -0.123. The normalized spacial score (nSPS) is 15.6. The molecule has 0 saturated heterocycles. The Balaban J connectivity index is 1.67. The van der Waals surface area contributed by atoms with Gasteiger partial charge < -0.3 is 20.3 Å². The molecule has 0 bridgehead atoms. The van der Waals surface area contributed by atoms with Crippen molar-refractivity contribution in [2.45, 2.75) is 31.4 Å². The van der Waals surface area contributed by atoms with Crippen molar-refractivity contribution in [3.05, 3.63) is 47.5 Å². The van der Waals surface area contributed by atoms with E-state index in [4.69, 9.17) is 4.74 Å². The molecule has 1 aliphatic rings. The Kier molecular flexibility index (Phi) is 6.75. The van der Waals surface area contributed by atoms with Gasteiger partial charge in [0.15, 0.2) is 6.10 Å². The topological polar surface area (TPSA) is 108 Å². The van der Waals surface area contributed by atoms with Gasteiger partial charge in [-0.2, -0.15) is 4.31 Å². The minimum Gasteiger partial charge on any atom is -0.479 e. The van der Waals surface area contributed by atoms with Crippen LogP contribution in [-0.4, -0.2) is 58.3 Å². The maximum absolute atomic E-state index is 13.1. The summed E-state index contributed by atoms with van der Waals surface area (Å²) in [5.74, 6) is -0.432. The molecule has 9 nitrogen and oxygen atoms in total. The lowest BCUT2D eigenvalue weighted by Gasteiger charge is -2.25. The number of nitrogens with one attached hydrogen (secondary N) is 2. The first-order chi connectivity index (χ1) is 15.0. The van der Waals surface area contributed by atoms with E-state index in [2.05, 4.69) is 10.6 Å². The van der Waals surface area contributed by atoms with Crippen molar-refractivity contribution in [3.63, 3.8) is 0 Å². The Hall–Kier alpha value is -3.11. The molecule has 2 N–H and O–H groups in total. The van der Waals surface area contributed by atoms with Crippen LogP contribution in [0.15, 0.2) is 41.3 Å². The highest BCUT2D eigenvalue weighted by molar-refractivity contribution is 7.89.